The third-order valence-electron chi connectivity index (χ3n) is 6.48. The van der Waals surface area contributed by atoms with Crippen LogP contribution in [0.1, 0.15) is 57.1 Å². The number of phenolic OH excluding ortho intramolecular Hbond substituents is 2. The highest BCUT2D eigenvalue weighted by atomic mass is 32.2. The summed E-state index contributed by atoms with van der Waals surface area (Å²) in [4.78, 5) is 26.2. The lowest BCUT2D eigenvalue weighted by Crippen LogP contribution is -2.36. The predicted octanol–water partition coefficient (Wildman–Crippen LogP) is 3.24. The number of aryl methyl sites for hydroxylation is 1. The van der Waals surface area contributed by atoms with E-state index in [1.807, 2.05) is 0 Å². The standard InChI is InChI=1S/C24H20N2O7S/c1-11-20(28)18(13(3)27)22-19(21(11)29)24(4)16(33-22)10-15-17(23(24)30)12(2)25-26(15)34(31,32)14-8-6-5-7-9-14/h5-10,28-29H,1-4H3/t24-/m0/s1. The van der Waals surface area contributed by atoms with Crippen molar-refractivity contribution in [1.29, 1.82) is 0 Å². The van der Waals surface area contributed by atoms with E-state index < -0.39 is 32.8 Å². The number of hydrogen-bond acceptors (Lipinski definition) is 8. The van der Waals surface area contributed by atoms with E-state index in [-0.39, 0.29) is 55.8 Å². The highest BCUT2D eigenvalue weighted by Crippen LogP contribution is 2.58. The number of phenols is 2. The molecule has 3 aromatic rings. The second-order valence-corrected chi connectivity index (χ2v) is 10.3. The third-order valence-corrected chi connectivity index (χ3v) is 8.08. The summed E-state index contributed by atoms with van der Waals surface area (Å²) in [6, 6.07) is 7.68. The Bertz CT molecular complexity index is 1580. The molecule has 2 heterocycles. The first-order chi connectivity index (χ1) is 15.9. The van der Waals surface area contributed by atoms with Crippen LogP contribution in [0.5, 0.6) is 17.2 Å². The number of ether oxygens (including phenoxy) is 1. The van der Waals surface area contributed by atoms with Crippen LogP contribution in [-0.2, 0) is 15.4 Å². The largest absolute Gasteiger partial charge is 0.507 e. The highest BCUT2D eigenvalue weighted by Gasteiger charge is 2.55. The van der Waals surface area contributed by atoms with Crippen molar-refractivity contribution in [2.24, 2.45) is 0 Å². The Balaban J connectivity index is 1.80. The van der Waals surface area contributed by atoms with Gasteiger partial charge >= 0.3 is 0 Å². The molecule has 10 heteroatoms. The molecule has 2 aromatic carbocycles. The molecular weight excluding hydrogens is 460 g/mol. The van der Waals surface area contributed by atoms with Crippen LogP contribution in [0.3, 0.4) is 0 Å². The zero-order chi connectivity index (χ0) is 24.7. The maximum atomic E-state index is 13.9. The molecule has 0 saturated heterocycles. The molecule has 5 rings (SSSR count). The zero-order valence-corrected chi connectivity index (χ0v) is 19.5. The van der Waals surface area contributed by atoms with Gasteiger partial charge in [0.1, 0.15) is 34.0 Å². The molecule has 0 spiro atoms. The van der Waals surface area contributed by atoms with Crippen molar-refractivity contribution in [3.63, 3.8) is 0 Å². The monoisotopic (exact) mass is 480 g/mol. The normalized spacial score (nSPS) is 18.6. The topological polar surface area (TPSA) is 136 Å². The van der Waals surface area contributed by atoms with E-state index in [9.17, 15) is 28.2 Å². The van der Waals surface area contributed by atoms with Crippen LogP contribution in [0.25, 0.3) is 6.08 Å². The van der Waals surface area contributed by atoms with Crippen LogP contribution in [0.15, 0.2) is 41.0 Å². The van der Waals surface area contributed by atoms with E-state index in [1.165, 1.54) is 45.9 Å². The Hall–Kier alpha value is -3.92. The fraction of sp³-hybridized carbons (Fsp3) is 0.208. The first-order valence-electron chi connectivity index (χ1n) is 10.4. The lowest BCUT2D eigenvalue weighted by Gasteiger charge is -2.27. The van der Waals surface area contributed by atoms with Gasteiger partial charge in [-0.3, -0.25) is 9.59 Å². The Morgan fingerprint density at radius 1 is 1.12 bits per heavy atom. The zero-order valence-electron chi connectivity index (χ0n) is 18.7. The van der Waals surface area contributed by atoms with Gasteiger partial charge in [-0.1, -0.05) is 18.2 Å². The molecule has 2 N–H and O–H groups in total. The van der Waals surface area contributed by atoms with E-state index >= 15 is 0 Å². The fourth-order valence-electron chi connectivity index (χ4n) is 4.63. The number of carbonyl (C=O) groups is 2. The van der Waals surface area contributed by atoms with Crippen LogP contribution >= 0.6 is 0 Å². The molecule has 1 atom stereocenters. The predicted molar refractivity (Wildman–Crippen MR) is 121 cm³/mol. The van der Waals surface area contributed by atoms with Gasteiger partial charge in [0, 0.05) is 11.6 Å². The van der Waals surface area contributed by atoms with E-state index in [2.05, 4.69) is 5.10 Å². The van der Waals surface area contributed by atoms with E-state index in [1.54, 1.807) is 18.2 Å². The number of allylic oxidation sites excluding steroid dienone is 1. The van der Waals surface area contributed by atoms with Crippen molar-refractivity contribution in [3.05, 3.63) is 69.7 Å². The summed E-state index contributed by atoms with van der Waals surface area (Å²) in [6.07, 6.45) is 1.38. The SMILES string of the molecule is CC(=O)c1c(O)c(C)c(O)c2c1OC1=Cc3c(c(C)nn3S(=O)(=O)c3ccccc3)C(=O)[C@@]12C. The van der Waals surface area contributed by atoms with Crippen molar-refractivity contribution in [3.8, 4) is 17.2 Å². The van der Waals surface area contributed by atoms with Gasteiger partial charge in [-0.2, -0.15) is 17.6 Å². The lowest BCUT2D eigenvalue weighted by molar-refractivity contribution is 0.0905. The number of ketones is 2. The number of hydrogen-bond donors (Lipinski definition) is 2. The summed E-state index contributed by atoms with van der Waals surface area (Å²) < 4.78 is 33.3. The summed E-state index contributed by atoms with van der Waals surface area (Å²) in [5.74, 6) is -1.97. The lowest BCUT2D eigenvalue weighted by atomic mass is 9.71. The van der Waals surface area contributed by atoms with Crippen LogP contribution in [0, 0.1) is 13.8 Å². The van der Waals surface area contributed by atoms with E-state index in [0.717, 1.165) is 4.09 Å². The Morgan fingerprint density at radius 3 is 2.38 bits per heavy atom. The smallest absolute Gasteiger partial charge is 0.283 e. The molecule has 0 saturated carbocycles. The van der Waals surface area contributed by atoms with Crippen LogP contribution in [0.2, 0.25) is 0 Å². The van der Waals surface area contributed by atoms with Crippen molar-refractivity contribution in [2.45, 2.75) is 38.0 Å². The number of benzene rings is 2. The minimum atomic E-state index is -4.13. The molecule has 0 fully saturated rings. The summed E-state index contributed by atoms with van der Waals surface area (Å²) in [7, 11) is -4.13. The van der Waals surface area contributed by atoms with E-state index in [4.69, 9.17) is 4.74 Å². The fourth-order valence-corrected chi connectivity index (χ4v) is 5.97. The highest BCUT2D eigenvalue weighted by molar-refractivity contribution is 7.89. The maximum absolute atomic E-state index is 13.9. The number of nitrogens with zero attached hydrogens (tertiary/aromatic N) is 2. The summed E-state index contributed by atoms with van der Waals surface area (Å²) in [6.45, 7) is 5.71. The second-order valence-electron chi connectivity index (χ2n) is 8.53. The first-order valence-corrected chi connectivity index (χ1v) is 11.8. The van der Waals surface area contributed by atoms with Crippen molar-refractivity contribution in [2.75, 3.05) is 0 Å². The first kappa shape index (κ1) is 21.9. The molecule has 1 aliphatic heterocycles. The molecule has 0 bridgehead atoms. The molecule has 2 aliphatic rings. The van der Waals surface area contributed by atoms with Crippen molar-refractivity contribution >= 4 is 27.7 Å². The van der Waals surface area contributed by atoms with Crippen molar-refractivity contribution < 1.29 is 33.0 Å². The summed E-state index contributed by atoms with van der Waals surface area (Å²) in [5.41, 5.74) is -1.36. The number of Topliss-reactive ketones (excluding diaryl/α,β-unsaturated/α-hetero) is 2. The molecular formula is C24H20N2O7S. The van der Waals surface area contributed by atoms with Crippen LogP contribution in [0.4, 0.5) is 0 Å². The number of rotatable bonds is 3. The van der Waals surface area contributed by atoms with Gasteiger partial charge in [0.25, 0.3) is 10.0 Å². The Labute approximate surface area is 195 Å². The minimum absolute atomic E-state index is 0.00725. The Kier molecular flexibility index (Phi) is 4.38. The number of carbonyl (C=O) groups excluding carboxylic acids is 2. The average molecular weight is 480 g/mol. The molecule has 0 radical (unpaired) electrons. The second kappa shape index (κ2) is 6.80. The minimum Gasteiger partial charge on any atom is -0.507 e. The van der Waals surface area contributed by atoms with Gasteiger partial charge in [-0.25, -0.2) is 0 Å². The number of aromatic hydroxyl groups is 2. The van der Waals surface area contributed by atoms with Crippen LogP contribution in [-0.4, -0.2) is 39.4 Å². The third kappa shape index (κ3) is 2.54. The van der Waals surface area contributed by atoms with Gasteiger partial charge < -0.3 is 14.9 Å². The molecule has 1 aliphatic carbocycles. The van der Waals surface area contributed by atoms with Gasteiger partial charge in [0.15, 0.2) is 11.6 Å². The van der Waals surface area contributed by atoms with Gasteiger partial charge in [-0.15, -0.1) is 0 Å². The Morgan fingerprint density at radius 2 is 1.76 bits per heavy atom. The van der Waals surface area contributed by atoms with Gasteiger partial charge in [0.05, 0.1) is 27.4 Å². The quantitative estimate of drug-likeness (QED) is 0.546. The average Bonchev–Trinajstić information content (AvgIpc) is 3.28. The van der Waals surface area contributed by atoms with Gasteiger partial charge in [-0.05, 0) is 39.8 Å². The summed E-state index contributed by atoms with van der Waals surface area (Å²) >= 11 is 0. The molecule has 0 unspecified atom stereocenters. The summed E-state index contributed by atoms with van der Waals surface area (Å²) in [5, 5.41) is 25.5. The molecule has 174 valence electrons. The molecule has 1 aromatic heterocycles. The molecule has 9 nitrogen and oxygen atoms in total. The molecule has 34 heavy (non-hydrogen) atoms. The van der Waals surface area contributed by atoms with Crippen LogP contribution < -0.4 is 4.74 Å². The van der Waals surface area contributed by atoms with Crippen molar-refractivity contribution in [1.82, 2.24) is 9.19 Å². The van der Waals surface area contributed by atoms with E-state index in [0.29, 0.717) is 0 Å². The number of aromatic nitrogens is 2. The van der Waals surface area contributed by atoms with Gasteiger partial charge in [0.2, 0.25) is 0 Å². The molecule has 0 amide bonds. The number of fused-ring (bicyclic) bond motifs is 4. The maximum Gasteiger partial charge on any atom is 0.283 e.